The van der Waals surface area contributed by atoms with Crippen LogP contribution in [-0.4, -0.2) is 40.1 Å². The standard InChI is InChI=1S/C15H14F3N5/c16-15(17,18)10-4-11(7-19-6-10)22-8-13-5-12(22)9-23(13)14-20-2-1-3-21-14/h1-4,6-7,12-13H,5,8-9H2/t12-,13-/m0/s1. The van der Waals surface area contributed by atoms with Crippen LogP contribution in [0.15, 0.2) is 36.9 Å². The average molecular weight is 321 g/mol. The van der Waals surface area contributed by atoms with Gasteiger partial charge in [-0.1, -0.05) is 0 Å². The van der Waals surface area contributed by atoms with Crippen LogP contribution in [0.1, 0.15) is 12.0 Å². The normalized spacial score (nSPS) is 23.6. The van der Waals surface area contributed by atoms with Gasteiger partial charge in [-0.2, -0.15) is 13.2 Å². The SMILES string of the molecule is FC(F)(F)c1cncc(N2C[C@@H]3C[C@H]2CN3c2ncccn2)c1. The van der Waals surface area contributed by atoms with Gasteiger partial charge in [-0.3, -0.25) is 4.98 Å². The fraction of sp³-hybridized carbons (Fsp3) is 0.400. The maximum atomic E-state index is 12.8. The summed E-state index contributed by atoms with van der Waals surface area (Å²) in [4.78, 5) is 16.4. The predicted octanol–water partition coefficient (Wildman–Crippen LogP) is 2.36. The van der Waals surface area contributed by atoms with Gasteiger partial charge in [-0.25, -0.2) is 9.97 Å². The van der Waals surface area contributed by atoms with Gasteiger partial charge in [-0.15, -0.1) is 0 Å². The molecule has 0 saturated carbocycles. The second-order valence-corrected chi connectivity index (χ2v) is 5.83. The Morgan fingerprint density at radius 2 is 1.70 bits per heavy atom. The van der Waals surface area contributed by atoms with Gasteiger partial charge in [0.2, 0.25) is 5.95 Å². The summed E-state index contributed by atoms with van der Waals surface area (Å²) in [5.41, 5.74) is -0.179. The third-order valence-corrected chi connectivity index (χ3v) is 4.43. The minimum Gasteiger partial charge on any atom is -0.363 e. The van der Waals surface area contributed by atoms with Crippen LogP contribution in [0.3, 0.4) is 0 Å². The summed E-state index contributed by atoms with van der Waals surface area (Å²) in [5, 5.41) is 0. The van der Waals surface area contributed by atoms with Gasteiger partial charge in [0.25, 0.3) is 0 Å². The minimum atomic E-state index is -4.37. The molecule has 2 aliphatic rings. The quantitative estimate of drug-likeness (QED) is 0.850. The van der Waals surface area contributed by atoms with Gasteiger partial charge in [0.1, 0.15) is 0 Å². The Labute approximate surface area is 130 Å². The smallest absolute Gasteiger partial charge is 0.363 e. The van der Waals surface area contributed by atoms with E-state index in [1.165, 1.54) is 12.3 Å². The third kappa shape index (κ3) is 2.47. The maximum Gasteiger partial charge on any atom is 0.417 e. The molecule has 8 heteroatoms. The van der Waals surface area contributed by atoms with E-state index >= 15 is 0 Å². The Kier molecular flexibility index (Phi) is 3.14. The van der Waals surface area contributed by atoms with Crippen LogP contribution < -0.4 is 9.80 Å². The predicted molar refractivity (Wildman–Crippen MR) is 78.2 cm³/mol. The molecule has 23 heavy (non-hydrogen) atoms. The molecule has 4 rings (SSSR count). The van der Waals surface area contributed by atoms with Crippen molar-refractivity contribution in [2.45, 2.75) is 24.7 Å². The fourth-order valence-electron chi connectivity index (χ4n) is 3.41. The highest BCUT2D eigenvalue weighted by atomic mass is 19.4. The van der Waals surface area contributed by atoms with Gasteiger partial charge in [0.15, 0.2) is 0 Å². The van der Waals surface area contributed by atoms with Crippen LogP contribution in [0.2, 0.25) is 0 Å². The van der Waals surface area contributed by atoms with Gasteiger partial charge in [-0.05, 0) is 18.6 Å². The van der Waals surface area contributed by atoms with Crippen LogP contribution in [0.25, 0.3) is 0 Å². The first-order valence-corrected chi connectivity index (χ1v) is 7.35. The Bertz CT molecular complexity index is 706. The molecule has 2 atom stereocenters. The molecule has 2 saturated heterocycles. The van der Waals surface area contributed by atoms with Crippen molar-refractivity contribution in [2.75, 3.05) is 22.9 Å². The van der Waals surface area contributed by atoms with Gasteiger partial charge < -0.3 is 9.80 Å². The van der Waals surface area contributed by atoms with Crippen molar-refractivity contribution < 1.29 is 13.2 Å². The molecule has 120 valence electrons. The van der Waals surface area contributed by atoms with E-state index < -0.39 is 11.7 Å². The second-order valence-electron chi connectivity index (χ2n) is 5.83. The molecular weight excluding hydrogens is 307 g/mol. The van der Waals surface area contributed by atoms with E-state index in [0.29, 0.717) is 24.7 Å². The summed E-state index contributed by atoms with van der Waals surface area (Å²) in [5.74, 6) is 0.682. The highest BCUT2D eigenvalue weighted by molar-refractivity contribution is 5.53. The number of pyridine rings is 1. The molecule has 0 aliphatic carbocycles. The van der Waals surface area contributed by atoms with Gasteiger partial charge >= 0.3 is 6.18 Å². The number of piperazine rings is 1. The molecule has 0 spiro atoms. The Morgan fingerprint density at radius 1 is 1.00 bits per heavy atom. The van der Waals surface area contributed by atoms with E-state index in [2.05, 4.69) is 19.9 Å². The summed E-state index contributed by atoms with van der Waals surface area (Å²) in [6.07, 6.45) is 2.28. The van der Waals surface area contributed by atoms with Crippen LogP contribution in [-0.2, 0) is 6.18 Å². The lowest BCUT2D eigenvalue weighted by Gasteiger charge is -2.35. The lowest BCUT2D eigenvalue weighted by Crippen LogP contribution is -2.47. The first-order chi connectivity index (χ1) is 11.0. The lowest BCUT2D eigenvalue weighted by atomic mass is 10.2. The lowest BCUT2D eigenvalue weighted by molar-refractivity contribution is -0.137. The summed E-state index contributed by atoms with van der Waals surface area (Å²) in [7, 11) is 0. The van der Waals surface area contributed by atoms with Crippen molar-refractivity contribution >= 4 is 11.6 Å². The van der Waals surface area contributed by atoms with Crippen LogP contribution in [0.5, 0.6) is 0 Å². The van der Waals surface area contributed by atoms with E-state index in [0.717, 1.165) is 12.6 Å². The van der Waals surface area contributed by atoms with Crippen LogP contribution >= 0.6 is 0 Å². The number of fused-ring (bicyclic) bond motifs is 2. The van der Waals surface area contributed by atoms with E-state index in [4.69, 9.17) is 0 Å². The zero-order chi connectivity index (χ0) is 16.0. The summed E-state index contributed by atoms with van der Waals surface area (Å²) >= 11 is 0. The molecule has 0 N–H and O–H groups in total. The highest BCUT2D eigenvalue weighted by Crippen LogP contribution is 2.37. The summed E-state index contributed by atoms with van der Waals surface area (Å²) in [6, 6.07) is 3.32. The van der Waals surface area contributed by atoms with Crippen molar-refractivity contribution in [1.82, 2.24) is 15.0 Å². The number of rotatable bonds is 2. The zero-order valence-corrected chi connectivity index (χ0v) is 12.1. The number of hydrogen-bond donors (Lipinski definition) is 0. The van der Waals surface area contributed by atoms with Crippen molar-refractivity contribution in [2.24, 2.45) is 0 Å². The van der Waals surface area contributed by atoms with E-state index in [-0.39, 0.29) is 12.1 Å². The average Bonchev–Trinajstić information content (AvgIpc) is 3.15. The second kappa shape index (κ2) is 5.07. The molecule has 2 aliphatic heterocycles. The van der Waals surface area contributed by atoms with E-state index in [1.54, 1.807) is 18.5 Å². The summed E-state index contributed by atoms with van der Waals surface area (Å²) < 4.78 is 38.5. The van der Waals surface area contributed by atoms with E-state index in [1.807, 2.05) is 4.90 Å². The van der Waals surface area contributed by atoms with Crippen molar-refractivity contribution in [1.29, 1.82) is 0 Å². The Morgan fingerprint density at radius 3 is 2.35 bits per heavy atom. The molecule has 4 heterocycles. The molecule has 2 aromatic heterocycles. The topological polar surface area (TPSA) is 45.2 Å². The minimum absolute atomic E-state index is 0.161. The van der Waals surface area contributed by atoms with Crippen LogP contribution in [0.4, 0.5) is 24.8 Å². The number of halogens is 3. The van der Waals surface area contributed by atoms with Crippen LogP contribution in [0, 0.1) is 0 Å². The maximum absolute atomic E-state index is 12.8. The number of anilines is 2. The first kappa shape index (κ1) is 14.2. The van der Waals surface area contributed by atoms with Crippen molar-refractivity contribution in [3.05, 3.63) is 42.5 Å². The number of alkyl halides is 3. The zero-order valence-electron chi connectivity index (χ0n) is 12.1. The highest BCUT2D eigenvalue weighted by Gasteiger charge is 2.44. The first-order valence-electron chi connectivity index (χ1n) is 7.35. The number of hydrogen-bond acceptors (Lipinski definition) is 5. The van der Waals surface area contributed by atoms with Crippen molar-refractivity contribution in [3.63, 3.8) is 0 Å². The van der Waals surface area contributed by atoms with Gasteiger partial charge in [0.05, 0.1) is 23.5 Å². The molecule has 2 bridgehead atoms. The molecule has 0 radical (unpaired) electrons. The van der Waals surface area contributed by atoms with Gasteiger partial charge in [0, 0.05) is 37.7 Å². The largest absolute Gasteiger partial charge is 0.417 e. The molecule has 0 aromatic carbocycles. The van der Waals surface area contributed by atoms with E-state index in [9.17, 15) is 13.2 Å². The monoisotopic (exact) mass is 321 g/mol. The molecule has 0 amide bonds. The van der Waals surface area contributed by atoms with Crippen molar-refractivity contribution in [3.8, 4) is 0 Å². The fourth-order valence-corrected chi connectivity index (χ4v) is 3.41. The Balaban J connectivity index is 1.55. The third-order valence-electron chi connectivity index (χ3n) is 4.43. The molecule has 5 nitrogen and oxygen atoms in total. The number of aromatic nitrogens is 3. The molecular formula is C15H14F3N5. The molecule has 2 aromatic rings. The Hall–Kier alpha value is -2.38. The number of nitrogens with zero attached hydrogens (tertiary/aromatic N) is 5. The summed E-state index contributed by atoms with van der Waals surface area (Å²) in [6.45, 7) is 1.37. The molecule has 2 fully saturated rings. The molecule has 0 unspecified atom stereocenters.